The Morgan fingerprint density at radius 3 is 2.68 bits per heavy atom. The second-order valence-electron chi connectivity index (χ2n) is 4.96. The van der Waals surface area contributed by atoms with Crippen LogP contribution >= 0.6 is 15.9 Å². The van der Waals surface area contributed by atoms with Crippen LogP contribution in [0.25, 0.3) is 0 Å². The maximum Gasteiger partial charge on any atom is 0.407 e. The van der Waals surface area contributed by atoms with Gasteiger partial charge in [-0.2, -0.15) is 0 Å². The summed E-state index contributed by atoms with van der Waals surface area (Å²) in [5, 5.41) is 2.66. The fourth-order valence-electron chi connectivity index (χ4n) is 1.26. The van der Waals surface area contributed by atoms with E-state index in [9.17, 15) is 4.79 Å². The lowest BCUT2D eigenvalue weighted by Gasteiger charge is -2.19. The summed E-state index contributed by atoms with van der Waals surface area (Å²) in [6, 6.07) is 7.77. The molecule has 0 aromatic heterocycles. The van der Waals surface area contributed by atoms with Gasteiger partial charge in [-0.25, -0.2) is 4.79 Å². The molecule has 102 valence electrons. The molecule has 0 saturated heterocycles. The van der Waals surface area contributed by atoms with Crippen molar-refractivity contribution in [3.8, 4) is 11.8 Å². The van der Waals surface area contributed by atoms with Crippen LogP contribution in [0.1, 0.15) is 32.8 Å². The summed E-state index contributed by atoms with van der Waals surface area (Å²) in [6.45, 7) is 5.98. The number of alkyl carbamates (subject to hydrolysis) is 1. The third-order valence-electron chi connectivity index (χ3n) is 2.02. The van der Waals surface area contributed by atoms with Gasteiger partial charge in [-0.05, 0) is 48.8 Å². The lowest BCUT2D eigenvalue weighted by atomic mass is 10.2. The van der Waals surface area contributed by atoms with Crippen LogP contribution in [0.2, 0.25) is 0 Å². The van der Waals surface area contributed by atoms with Gasteiger partial charge in [-0.3, -0.25) is 0 Å². The van der Waals surface area contributed by atoms with Crippen LogP contribution in [-0.4, -0.2) is 18.2 Å². The highest BCUT2D eigenvalue weighted by Crippen LogP contribution is 2.14. The van der Waals surface area contributed by atoms with Crippen LogP contribution in [-0.2, 0) is 4.74 Å². The van der Waals surface area contributed by atoms with E-state index in [1.165, 1.54) is 0 Å². The molecule has 0 aliphatic heterocycles. The van der Waals surface area contributed by atoms with Gasteiger partial charge in [0.2, 0.25) is 0 Å². The molecule has 19 heavy (non-hydrogen) atoms. The summed E-state index contributed by atoms with van der Waals surface area (Å²) in [5.74, 6) is 6.06. The minimum Gasteiger partial charge on any atom is -0.444 e. The van der Waals surface area contributed by atoms with Crippen LogP contribution in [0.5, 0.6) is 0 Å². The Kier molecular flexibility index (Phi) is 5.91. The maximum atomic E-state index is 11.4. The topological polar surface area (TPSA) is 38.3 Å². The molecule has 0 aliphatic rings. The van der Waals surface area contributed by atoms with E-state index >= 15 is 0 Å². The molecule has 0 aliphatic carbocycles. The van der Waals surface area contributed by atoms with Gasteiger partial charge in [0, 0.05) is 23.0 Å². The number of nitrogens with one attached hydrogen (secondary N) is 1. The van der Waals surface area contributed by atoms with E-state index in [1.807, 2.05) is 45.0 Å². The number of hydrogen-bond acceptors (Lipinski definition) is 2. The lowest BCUT2D eigenvalue weighted by Crippen LogP contribution is -2.32. The predicted molar refractivity (Wildman–Crippen MR) is 79.9 cm³/mol. The van der Waals surface area contributed by atoms with E-state index in [4.69, 9.17) is 4.74 Å². The van der Waals surface area contributed by atoms with Crippen molar-refractivity contribution in [3.63, 3.8) is 0 Å². The molecule has 0 heterocycles. The van der Waals surface area contributed by atoms with Crippen molar-refractivity contribution in [1.29, 1.82) is 0 Å². The summed E-state index contributed by atoms with van der Waals surface area (Å²) >= 11 is 3.43. The average molecular weight is 324 g/mol. The van der Waals surface area contributed by atoms with Crippen LogP contribution in [0.3, 0.4) is 0 Å². The standard InChI is InChI=1S/C15H18BrNO2/c1-15(2,3)19-14(18)17-11-7-6-9-12-8-4-5-10-13(12)16/h4-5,8,10H,7,11H2,1-3H3,(H,17,18). The molecule has 1 aromatic carbocycles. The van der Waals surface area contributed by atoms with E-state index in [0.717, 1.165) is 10.0 Å². The number of carbonyl (C=O) groups is 1. The van der Waals surface area contributed by atoms with Crippen molar-refractivity contribution in [2.45, 2.75) is 32.8 Å². The third kappa shape index (κ3) is 6.88. The minimum absolute atomic E-state index is 0.407. The maximum absolute atomic E-state index is 11.4. The van der Waals surface area contributed by atoms with Crippen LogP contribution in [0, 0.1) is 11.8 Å². The Balaban J connectivity index is 2.33. The Morgan fingerprint density at radius 1 is 1.37 bits per heavy atom. The van der Waals surface area contributed by atoms with Crippen LogP contribution in [0.4, 0.5) is 4.79 Å². The molecule has 0 spiro atoms. The summed E-state index contributed by atoms with van der Waals surface area (Å²) in [4.78, 5) is 11.4. The van der Waals surface area contributed by atoms with E-state index in [1.54, 1.807) is 0 Å². The highest BCUT2D eigenvalue weighted by Gasteiger charge is 2.15. The molecule has 1 N–H and O–H groups in total. The zero-order valence-corrected chi connectivity index (χ0v) is 13.0. The molecule has 1 rings (SSSR count). The molecule has 0 radical (unpaired) electrons. The zero-order chi connectivity index (χ0) is 14.3. The first-order chi connectivity index (χ1) is 8.88. The van der Waals surface area contributed by atoms with Gasteiger partial charge >= 0.3 is 6.09 Å². The van der Waals surface area contributed by atoms with Crippen molar-refractivity contribution in [2.24, 2.45) is 0 Å². The molecule has 3 nitrogen and oxygen atoms in total. The monoisotopic (exact) mass is 323 g/mol. The van der Waals surface area contributed by atoms with Crippen molar-refractivity contribution in [3.05, 3.63) is 34.3 Å². The summed E-state index contributed by atoms with van der Waals surface area (Å²) in [5.41, 5.74) is 0.477. The number of hydrogen-bond donors (Lipinski definition) is 1. The van der Waals surface area contributed by atoms with E-state index in [-0.39, 0.29) is 0 Å². The van der Waals surface area contributed by atoms with Gasteiger partial charge < -0.3 is 10.1 Å². The molecule has 0 atom stereocenters. The largest absolute Gasteiger partial charge is 0.444 e. The van der Waals surface area contributed by atoms with Gasteiger partial charge in [-0.1, -0.05) is 24.0 Å². The Labute approximate surface area is 122 Å². The molecular weight excluding hydrogens is 306 g/mol. The van der Waals surface area contributed by atoms with Crippen LogP contribution < -0.4 is 5.32 Å². The van der Waals surface area contributed by atoms with Crippen molar-refractivity contribution >= 4 is 22.0 Å². The minimum atomic E-state index is -0.468. The summed E-state index contributed by atoms with van der Waals surface area (Å²) < 4.78 is 6.09. The van der Waals surface area contributed by atoms with Gasteiger partial charge in [0.05, 0.1) is 0 Å². The Hall–Kier alpha value is -1.47. The number of rotatable bonds is 2. The molecule has 0 unspecified atom stereocenters. The Morgan fingerprint density at radius 2 is 2.05 bits per heavy atom. The SMILES string of the molecule is CC(C)(C)OC(=O)NCCC#Cc1ccccc1Br. The van der Waals surface area contributed by atoms with Gasteiger partial charge in [0.25, 0.3) is 0 Å². The number of amides is 1. The molecule has 0 fully saturated rings. The second kappa shape index (κ2) is 7.20. The number of benzene rings is 1. The number of carbonyl (C=O) groups excluding carboxylic acids is 1. The van der Waals surface area contributed by atoms with Crippen molar-refractivity contribution in [1.82, 2.24) is 5.32 Å². The summed E-state index contributed by atoms with van der Waals surface area (Å²) in [6.07, 6.45) is 0.177. The highest BCUT2D eigenvalue weighted by molar-refractivity contribution is 9.10. The number of halogens is 1. The smallest absolute Gasteiger partial charge is 0.407 e. The van der Waals surface area contributed by atoms with Gasteiger partial charge in [-0.15, -0.1) is 0 Å². The lowest BCUT2D eigenvalue weighted by molar-refractivity contribution is 0.0529. The van der Waals surface area contributed by atoms with Crippen molar-refractivity contribution < 1.29 is 9.53 Å². The molecule has 1 amide bonds. The van der Waals surface area contributed by atoms with E-state index in [0.29, 0.717) is 13.0 Å². The first-order valence-corrected chi connectivity index (χ1v) is 6.88. The Bertz CT molecular complexity index is 495. The van der Waals surface area contributed by atoms with Gasteiger partial charge in [0.15, 0.2) is 0 Å². The quantitative estimate of drug-likeness (QED) is 0.665. The molecule has 0 bridgehead atoms. The predicted octanol–water partition coefficient (Wildman–Crippen LogP) is 3.72. The number of ether oxygens (including phenoxy) is 1. The molecular formula is C15H18BrNO2. The van der Waals surface area contributed by atoms with Crippen molar-refractivity contribution in [2.75, 3.05) is 6.54 Å². The van der Waals surface area contributed by atoms with Gasteiger partial charge in [0.1, 0.15) is 5.60 Å². The fourth-order valence-corrected chi connectivity index (χ4v) is 1.65. The second-order valence-corrected chi connectivity index (χ2v) is 5.81. The van der Waals surface area contributed by atoms with Crippen LogP contribution in [0.15, 0.2) is 28.7 Å². The molecule has 0 saturated carbocycles. The third-order valence-corrected chi connectivity index (χ3v) is 2.71. The first-order valence-electron chi connectivity index (χ1n) is 6.09. The first kappa shape index (κ1) is 15.6. The highest BCUT2D eigenvalue weighted by atomic mass is 79.9. The zero-order valence-electron chi connectivity index (χ0n) is 11.4. The average Bonchev–Trinajstić information content (AvgIpc) is 2.28. The summed E-state index contributed by atoms with van der Waals surface area (Å²) in [7, 11) is 0. The fraction of sp³-hybridized carbons (Fsp3) is 0.400. The molecule has 4 heteroatoms. The molecule has 1 aromatic rings. The van der Waals surface area contributed by atoms with E-state index < -0.39 is 11.7 Å². The van der Waals surface area contributed by atoms with E-state index in [2.05, 4.69) is 33.1 Å². The normalized spacial score (nSPS) is 10.3.